The molecule has 16 heavy (non-hydrogen) atoms. The van der Waals surface area contributed by atoms with Crippen LogP contribution in [-0.4, -0.2) is 20.2 Å². The van der Waals surface area contributed by atoms with Crippen LogP contribution < -0.4 is 10.1 Å². The Morgan fingerprint density at radius 3 is 2.94 bits per heavy atom. The molecule has 2 atom stereocenters. The first-order valence-electron chi connectivity index (χ1n) is 6.02. The quantitative estimate of drug-likeness (QED) is 0.825. The second-order valence-electron chi connectivity index (χ2n) is 5.00. The predicted octanol–water partition coefficient (Wildman–Crippen LogP) is 2.58. The lowest BCUT2D eigenvalue weighted by molar-refractivity contribution is 0.237. The van der Waals surface area contributed by atoms with Gasteiger partial charge in [-0.05, 0) is 48.5 Å². The van der Waals surface area contributed by atoms with E-state index in [0.29, 0.717) is 5.92 Å². The maximum Gasteiger partial charge on any atom is 0.119 e. The van der Waals surface area contributed by atoms with Crippen molar-refractivity contribution in [3.05, 3.63) is 29.8 Å². The van der Waals surface area contributed by atoms with Crippen molar-refractivity contribution in [1.29, 1.82) is 0 Å². The third kappa shape index (κ3) is 1.94. The minimum absolute atomic E-state index is 0.278. The summed E-state index contributed by atoms with van der Waals surface area (Å²) in [6.07, 6.45) is 1.20. The number of piperidine rings is 1. The normalized spacial score (nSPS) is 30.1. The Kier molecular flexibility index (Phi) is 3.20. The molecule has 2 rings (SSSR count). The second-order valence-corrected chi connectivity index (χ2v) is 5.00. The van der Waals surface area contributed by atoms with Crippen molar-refractivity contribution in [3.8, 4) is 5.75 Å². The largest absolute Gasteiger partial charge is 0.497 e. The molecule has 1 N–H and O–H groups in total. The molecule has 88 valence electrons. The fraction of sp³-hybridized carbons (Fsp3) is 0.571. The van der Waals surface area contributed by atoms with E-state index in [-0.39, 0.29) is 5.41 Å². The third-order valence-corrected chi connectivity index (χ3v) is 4.09. The zero-order chi connectivity index (χ0) is 11.6. The lowest BCUT2D eigenvalue weighted by Crippen LogP contribution is -2.44. The number of rotatable bonds is 2. The van der Waals surface area contributed by atoms with Crippen molar-refractivity contribution in [2.75, 3.05) is 20.2 Å². The van der Waals surface area contributed by atoms with Crippen LogP contribution in [0.15, 0.2) is 24.3 Å². The zero-order valence-electron chi connectivity index (χ0n) is 10.4. The van der Waals surface area contributed by atoms with E-state index in [9.17, 15) is 0 Å². The highest BCUT2D eigenvalue weighted by molar-refractivity contribution is 5.34. The molecular weight excluding hydrogens is 198 g/mol. The highest BCUT2D eigenvalue weighted by Crippen LogP contribution is 2.38. The summed E-state index contributed by atoms with van der Waals surface area (Å²) in [4.78, 5) is 0. The van der Waals surface area contributed by atoms with Gasteiger partial charge >= 0.3 is 0 Å². The van der Waals surface area contributed by atoms with Gasteiger partial charge in [0.2, 0.25) is 0 Å². The summed E-state index contributed by atoms with van der Waals surface area (Å²) in [5.41, 5.74) is 1.68. The van der Waals surface area contributed by atoms with E-state index in [4.69, 9.17) is 4.74 Å². The molecule has 1 aromatic rings. The minimum atomic E-state index is 0.278. The van der Waals surface area contributed by atoms with E-state index in [1.54, 1.807) is 7.11 Å². The van der Waals surface area contributed by atoms with Gasteiger partial charge in [0.1, 0.15) is 5.75 Å². The van der Waals surface area contributed by atoms with Crippen LogP contribution in [0.25, 0.3) is 0 Å². The molecule has 1 aliphatic heterocycles. The Balaban J connectivity index is 2.33. The van der Waals surface area contributed by atoms with Crippen LogP contribution in [0.3, 0.4) is 0 Å². The minimum Gasteiger partial charge on any atom is -0.497 e. The summed E-state index contributed by atoms with van der Waals surface area (Å²) >= 11 is 0. The molecular formula is C14H21NO. The van der Waals surface area contributed by atoms with Gasteiger partial charge < -0.3 is 10.1 Å². The van der Waals surface area contributed by atoms with Crippen molar-refractivity contribution in [3.63, 3.8) is 0 Å². The maximum absolute atomic E-state index is 5.31. The van der Waals surface area contributed by atoms with Crippen molar-refractivity contribution >= 4 is 0 Å². The van der Waals surface area contributed by atoms with Gasteiger partial charge in [0.25, 0.3) is 0 Å². The fourth-order valence-electron chi connectivity index (χ4n) is 2.55. The SMILES string of the molecule is COc1cccc([C@@]2(C)CCNC[C@@H]2C)c1. The van der Waals surface area contributed by atoms with E-state index in [1.165, 1.54) is 12.0 Å². The molecule has 0 bridgehead atoms. The molecule has 1 aromatic carbocycles. The first kappa shape index (κ1) is 11.5. The Bertz CT molecular complexity index is 364. The van der Waals surface area contributed by atoms with Gasteiger partial charge in [-0.1, -0.05) is 26.0 Å². The van der Waals surface area contributed by atoms with E-state index in [1.807, 2.05) is 6.07 Å². The average molecular weight is 219 g/mol. The summed E-state index contributed by atoms with van der Waals surface area (Å²) in [7, 11) is 1.73. The molecule has 1 saturated heterocycles. The standard InChI is InChI=1S/C14H21NO/c1-11-10-15-8-7-14(11,2)12-5-4-6-13(9-12)16-3/h4-6,9,11,15H,7-8,10H2,1-3H3/t11-,14-/m0/s1. The first-order chi connectivity index (χ1) is 7.66. The smallest absolute Gasteiger partial charge is 0.119 e. The summed E-state index contributed by atoms with van der Waals surface area (Å²) in [5, 5.41) is 3.46. The maximum atomic E-state index is 5.31. The van der Waals surface area contributed by atoms with Crippen LogP contribution in [0.5, 0.6) is 5.75 Å². The highest BCUT2D eigenvalue weighted by Gasteiger charge is 2.35. The number of ether oxygens (including phenoxy) is 1. The molecule has 2 nitrogen and oxygen atoms in total. The van der Waals surface area contributed by atoms with Crippen LogP contribution in [0, 0.1) is 5.92 Å². The number of benzene rings is 1. The zero-order valence-corrected chi connectivity index (χ0v) is 10.4. The number of nitrogens with one attached hydrogen (secondary N) is 1. The number of hydrogen-bond donors (Lipinski definition) is 1. The summed E-state index contributed by atoms with van der Waals surface area (Å²) < 4.78 is 5.31. The van der Waals surface area contributed by atoms with Crippen LogP contribution in [0.1, 0.15) is 25.8 Å². The summed E-state index contributed by atoms with van der Waals surface area (Å²) in [5.74, 6) is 1.62. The molecule has 0 saturated carbocycles. The van der Waals surface area contributed by atoms with E-state index >= 15 is 0 Å². The molecule has 0 radical (unpaired) electrons. The number of methoxy groups -OCH3 is 1. The van der Waals surface area contributed by atoms with Gasteiger partial charge in [0.15, 0.2) is 0 Å². The second kappa shape index (κ2) is 4.46. The van der Waals surface area contributed by atoms with E-state index in [0.717, 1.165) is 18.8 Å². The topological polar surface area (TPSA) is 21.3 Å². The molecule has 2 heteroatoms. The monoisotopic (exact) mass is 219 g/mol. The van der Waals surface area contributed by atoms with Gasteiger partial charge in [0, 0.05) is 0 Å². The van der Waals surface area contributed by atoms with Gasteiger partial charge in [0.05, 0.1) is 7.11 Å². The van der Waals surface area contributed by atoms with Gasteiger partial charge in [-0.2, -0.15) is 0 Å². The molecule has 1 aliphatic rings. The van der Waals surface area contributed by atoms with Crippen molar-refractivity contribution in [1.82, 2.24) is 5.32 Å². The van der Waals surface area contributed by atoms with Crippen molar-refractivity contribution in [2.24, 2.45) is 5.92 Å². The Hall–Kier alpha value is -1.02. The van der Waals surface area contributed by atoms with Crippen LogP contribution in [0.2, 0.25) is 0 Å². The average Bonchev–Trinajstić information content (AvgIpc) is 2.33. The van der Waals surface area contributed by atoms with Gasteiger partial charge in [-0.25, -0.2) is 0 Å². The van der Waals surface area contributed by atoms with Crippen LogP contribution in [0.4, 0.5) is 0 Å². The highest BCUT2D eigenvalue weighted by atomic mass is 16.5. The third-order valence-electron chi connectivity index (χ3n) is 4.09. The summed E-state index contributed by atoms with van der Waals surface area (Å²) in [6, 6.07) is 8.51. The Labute approximate surface area is 98.0 Å². The molecule has 1 fully saturated rings. The molecule has 0 spiro atoms. The lowest BCUT2D eigenvalue weighted by atomic mass is 9.68. The molecule has 0 aliphatic carbocycles. The fourth-order valence-corrected chi connectivity index (χ4v) is 2.55. The van der Waals surface area contributed by atoms with Gasteiger partial charge in [-0.3, -0.25) is 0 Å². The Morgan fingerprint density at radius 1 is 1.44 bits per heavy atom. The summed E-state index contributed by atoms with van der Waals surface area (Å²) in [6.45, 7) is 6.91. The van der Waals surface area contributed by atoms with Gasteiger partial charge in [-0.15, -0.1) is 0 Å². The van der Waals surface area contributed by atoms with Crippen LogP contribution >= 0.6 is 0 Å². The van der Waals surface area contributed by atoms with Crippen molar-refractivity contribution in [2.45, 2.75) is 25.7 Å². The molecule has 0 amide bonds. The van der Waals surface area contributed by atoms with E-state index in [2.05, 4.69) is 37.4 Å². The number of hydrogen-bond acceptors (Lipinski definition) is 2. The predicted molar refractivity (Wildman–Crippen MR) is 67.0 cm³/mol. The molecule has 0 aromatic heterocycles. The van der Waals surface area contributed by atoms with Crippen molar-refractivity contribution < 1.29 is 4.74 Å². The lowest BCUT2D eigenvalue weighted by Gasteiger charge is -2.40. The van der Waals surface area contributed by atoms with E-state index < -0.39 is 0 Å². The molecule has 0 unspecified atom stereocenters. The Morgan fingerprint density at radius 2 is 2.25 bits per heavy atom. The first-order valence-corrected chi connectivity index (χ1v) is 6.02. The van der Waals surface area contributed by atoms with Crippen LogP contribution in [-0.2, 0) is 5.41 Å². The molecule has 1 heterocycles.